The Morgan fingerprint density at radius 3 is 2.24 bits per heavy atom. The molecule has 0 radical (unpaired) electrons. The first kappa shape index (κ1) is 19.4. The minimum Gasteiger partial charge on any atom is -0.372 e. The third-order valence-corrected chi connectivity index (χ3v) is 6.35. The normalized spacial score (nSPS) is 15.3. The second kappa shape index (κ2) is 7.51. The standard InChI is InChI=1S/C27H31N2/c1-6-29(7-2)22-16-12-20(13-17-22)14-19-25-27(3,4)26-23-11-9-8-10-21(23)15-18-24(26)28(25)5/h8-19H,6-7H2,1-5H3/q+1. The van der Waals surface area contributed by atoms with Gasteiger partial charge in [0.25, 0.3) is 0 Å². The minimum absolute atomic E-state index is 0.0391. The fraction of sp³-hybridized carbons (Fsp3) is 0.296. The average Bonchev–Trinajstić information content (AvgIpc) is 2.94. The van der Waals surface area contributed by atoms with Crippen molar-refractivity contribution in [3.8, 4) is 0 Å². The van der Waals surface area contributed by atoms with Gasteiger partial charge in [-0.25, -0.2) is 0 Å². The molecule has 2 nitrogen and oxygen atoms in total. The van der Waals surface area contributed by atoms with Crippen LogP contribution < -0.4 is 4.90 Å². The molecule has 148 valence electrons. The van der Waals surface area contributed by atoms with Gasteiger partial charge in [-0.05, 0) is 68.3 Å². The van der Waals surface area contributed by atoms with Gasteiger partial charge < -0.3 is 4.90 Å². The van der Waals surface area contributed by atoms with Crippen LogP contribution in [0.25, 0.3) is 16.8 Å². The summed E-state index contributed by atoms with van der Waals surface area (Å²) in [4.78, 5) is 2.37. The predicted molar refractivity (Wildman–Crippen MR) is 127 cm³/mol. The molecule has 29 heavy (non-hydrogen) atoms. The van der Waals surface area contributed by atoms with Crippen LogP contribution in [-0.2, 0) is 5.41 Å². The van der Waals surface area contributed by atoms with E-state index in [2.05, 4.69) is 117 Å². The van der Waals surface area contributed by atoms with Gasteiger partial charge in [0.1, 0.15) is 7.05 Å². The van der Waals surface area contributed by atoms with Gasteiger partial charge in [0.15, 0.2) is 5.71 Å². The van der Waals surface area contributed by atoms with Crippen molar-refractivity contribution in [3.05, 3.63) is 77.9 Å². The highest BCUT2D eigenvalue weighted by Gasteiger charge is 2.44. The number of rotatable bonds is 5. The van der Waals surface area contributed by atoms with Crippen LogP contribution in [0.5, 0.6) is 0 Å². The molecule has 0 saturated heterocycles. The summed E-state index contributed by atoms with van der Waals surface area (Å²) in [5, 5.41) is 2.67. The molecule has 0 fully saturated rings. The summed E-state index contributed by atoms with van der Waals surface area (Å²) in [7, 11) is 2.19. The maximum atomic E-state index is 2.37. The number of allylic oxidation sites excluding steroid dienone is 1. The molecule has 2 heteroatoms. The van der Waals surface area contributed by atoms with E-state index in [1.54, 1.807) is 0 Å². The molecule has 3 aromatic rings. The first-order valence-electron chi connectivity index (χ1n) is 10.6. The van der Waals surface area contributed by atoms with Gasteiger partial charge in [0.05, 0.1) is 5.41 Å². The molecule has 0 unspecified atom stereocenters. The van der Waals surface area contributed by atoms with E-state index in [-0.39, 0.29) is 5.41 Å². The number of benzene rings is 3. The van der Waals surface area contributed by atoms with Gasteiger partial charge in [0.2, 0.25) is 5.69 Å². The molecule has 0 spiro atoms. The Morgan fingerprint density at radius 2 is 1.55 bits per heavy atom. The molecule has 0 aromatic heterocycles. The Labute approximate surface area is 174 Å². The zero-order valence-electron chi connectivity index (χ0n) is 18.2. The van der Waals surface area contributed by atoms with Crippen LogP contribution >= 0.6 is 0 Å². The average molecular weight is 384 g/mol. The van der Waals surface area contributed by atoms with E-state index in [1.807, 2.05) is 0 Å². The quantitative estimate of drug-likeness (QED) is 0.462. The third kappa shape index (κ3) is 3.27. The van der Waals surface area contributed by atoms with E-state index >= 15 is 0 Å². The van der Waals surface area contributed by atoms with Gasteiger partial charge in [-0.1, -0.05) is 36.4 Å². The van der Waals surface area contributed by atoms with Crippen LogP contribution in [-0.4, -0.2) is 30.4 Å². The molecule has 0 atom stereocenters. The summed E-state index contributed by atoms with van der Waals surface area (Å²) in [6.07, 6.45) is 4.54. The maximum Gasteiger partial charge on any atom is 0.210 e. The fourth-order valence-electron chi connectivity index (χ4n) is 4.75. The number of hydrogen-bond donors (Lipinski definition) is 0. The summed E-state index contributed by atoms with van der Waals surface area (Å²) in [5.41, 5.74) is 6.55. The van der Waals surface area contributed by atoms with Gasteiger partial charge >= 0.3 is 0 Å². The summed E-state index contributed by atoms with van der Waals surface area (Å²) >= 11 is 0. The predicted octanol–water partition coefficient (Wildman–Crippen LogP) is 6.41. The van der Waals surface area contributed by atoms with Crippen molar-refractivity contribution in [1.82, 2.24) is 0 Å². The molecule has 0 amide bonds. The number of anilines is 1. The Balaban J connectivity index is 1.68. The fourth-order valence-corrected chi connectivity index (χ4v) is 4.75. The topological polar surface area (TPSA) is 6.25 Å². The Morgan fingerprint density at radius 1 is 0.862 bits per heavy atom. The van der Waals surface area contributed by atoms with Gasteiger partial charge in [0, 0.05) is 36.5 Å². The van der Waals surface area contributed by atoms with Crippen molar-refractivity contribution in [3.63, 3.8) is 0 Å². The van der Waals surface area contributed by atoms with Crippen LogP contribution in [0.1, 0.15) is 38.8 Å². The molecule has 0 bridgehead atoms. The maximum absolute atomic E-state index is 2.37. The molecule has 0 N–H and O–H groups in total. The van der Waals surface area contributed by atoms with Gasteiger partial charge in [-0.15, -0.1) is 0 Å². The van der Waals surface area contributed by atoms with Gasteiger partial charge in [-0.3, -0.25) is 0 Å². The van der Waals surface area contributed by atoms with Crippen LogP contribution in [0.3, 0.4) is 0 Å². The zero-order chi connectivity index (χ0) is 20.6. The molecule has 1 aliphatic rings. The molecular formula is C27H31N2+. The Hall–Kier alpha value is -2.87. The molecule has 0 saturated carbocycles. The Bertz CT molecular complexity index is 1100. The summed E-state index contributed by atoms with van der Waals surface area (Å²) in [6, 6.07) is 22.1. The van der Waals surface area contributed by atoms with Crippen molar-refractivity contribution in [2.24, 2.45) is 0 Å². The zero-order valence-corrected chi connectivity index (χ0v) is 18.2. The largest absolute Gasteiger partial charge is 0.372 e. The van der Waals surface area contributed by atoms with E-state index in [9.17, 15) is 0 Å². The van der Waals surface area contributed by atoms with E-state index in [4.69, 9.17) is 0 Å². The van der Waals surface area contributed by atoms with Gasteiger partial charge in [-0.2, -0.15) is 4.58 Å². The lowest BCUT2D eigenvalue weighted by Gasteiger charge is -2.20. The molecule has 0 aliphatic carbocycles. The summed E-state index contributed by atoms with van der Waals surface area (Å²) in [6.45, 7) is 11.2. The number of nitrogens with zero attached hydrogens (tertiary/aromatic N) is 2. The second-order valence-corrected chi connectivity index (χ2v) is 8.35. The van der Waals surface area contributed by atoms with E-state index in [1.165, 1.54) is 39.0 Å². The molecule has 1 aliphatic heterocycles. The minimum atomic E-state index is -0.0391. The number of hydrogen-bond acceptors (Lipinski definition) is 1. The highest BCUT2D eigenvalue weighted by molar-refractivity contribution is 6.09. The van der Waals surface area contributed by atoms with Crippen LogP contribution in [0.2, 0.25) is 0 Å². The molecular weight excluding hydrogens is 352 g/mol. The lowest BCUT2D eigenvalue weighted by molar-refractivity contribution is -0.401. The monoisotopic (exact) mass is 383 g/mol. The van der Waals surface area contributed by atoms with Crippen LogP contribution in [0.4, 0.5) is 11.4 Å². The van der Waals surface area contributed by atoms with Crippen LogP contribution in [0, 0.1) is 0 Å². The molecule has 3 aromatic carbocycles. The van der Waals surface area contributed by atoms with Crippen molar-refractivity contribution in [2.75, 3.05) is 25.0 Å². The van der Waals surface area contributed by atoms with Crippen LogP contribution in [0.15, 0.2) is 66.7 Å². The smallest absolute Gasteiger partial charge is 0.210 e. The lowest BCUT2D eigenvalue weighted by Crippen LogP contribution is -2.26. The summed E-state index contributed by atoms with van der Waals surface area (Å²) in [5.74, 6) is 0. The molecule has 4 rings (SSSR count). The molecule has 1 heterocycles. The Kier molecular flexibility index (Phi) is 5.04. The third-order valence-electron chi connectivity index (χ3n) is 6.35. The highest BCUT2D eigenvalue weighted by Crippen LogP contribution is 2.43. The lowest BCUT2D eigenvalue weighted by atomic mass is 9.79. The summed E-state index contributed by atoms with van der Waals surface area (Å²) < 4.78 is 2.35. The van der Waals surface area contributed by atoms with E-state index in [0.29, 0.717) is 0 Å². The highest BCUT2D eigenvalue weighted by atomic mass is 15.1. The number of fused-ring (bicyclic) bond motifs is 3. The second-order valence-electron chi connectivity index (χ2n) is 8.35. The SMILES string of the molecule is CCN(CC)c1ccc(C=CC2=[N+](C)c3ccc4ccccc4c3C2(C)C)cc1. The van der Waals surface area contributed by atoms with Crippen molar-refractivity contribution in [2.45, 2.75) is 33.1 Å². The van der Waals surface area contributed by atoms with Crippen molar-refractivity contribution >= 4 is 33.9 Å². The first-order chi connectivity index (χ1) is 14.0. The van der Waals surface area contributed by atoms with Crippen molar-refractivity contribution in [1.29, 1.82) is 0 Å². The van der Waals surface area contributed by atoms with E-state index < -0.39 is 0 Å². The van der Waals surface area contributed by atoms with Crippen molar-refractivity contribution < 1.29 is 4.58 Å². The first-order valence-corrected chi connectivity index (χ1v) is 10.6. The van der Waals surface area contributed by atoms with E-state index in [0.717, 1.165) is 13.1 Å².